The number of aromatic amines is 1. The van der Waals surface area contributed by atoms with Crippen LogP contribution in [-0.2, 0) is 17.8 Å². The molecule has 0 amide bonds. The van der Waals surface area contributed by atoms with E-state index in [9.17, 15) is 14.0 Å². The first kappa shape index (κ1) is 17.4. The topological polar surface area (TPSA) is 97.8 Å². The molecule has 3 rings (SSSR count). The molecular formula is C18H15FN4O3. The lowest BCUT2D eigenvalue weighted by molar-refractivity contribution is -0.117. The van der Waals surface area contributed by atoms with Crippen LogP contribution in [0.5, 0.6) is 5.75 Å². The van der Waals surface area contributed by atoms with E-state index in [1.165, 1.54) is 12.1 Å². The minimum Gasteiger partial charge on any atom is -0.489 e. The molecule has 0 bridgehead atoms. The molecule has 26 heavy (non-hydrogen) atoms. The van der Waals surface area contributed by atoms with E-state index in [2.05, 4.69) is 20.6 Å². The zero-order chi connectivity index (χ0) is 18.4. The van der Waals surface area contributed by atoms with E-state index in [-0.39, 0.29) is 36.9 Å². The van der Waals surface area contributed by atoms with Gasteiger partial charge in [0.05, 0.1) is 6.42 Å². The number of halogens is 1. The van der Waals surface area contributed by atoms with Crippen molar-refractivity contribution in [2.45, 2.75) is 19.4 Å². The highest BCUT2D eigenvalue weighted by Crippen LogP contribution is 2.21. The molecule has 0 radical (unpaired) electrons. The molecule has 0 saturated heterocycles. The summed E-state index contributed by atoms with van der Waals surface area (Å²) in [5.41, 5.74) is 1.47. The number of Topliss-reactive ketones (excluding diaryl/α,β-unsaturated/α-hetero) is 2. The van der Waals surface area contributed by atoms with E-state index in [4.69, 9.17) is 4.74 Å². The number of hydrogen-bond donors (Lipinski definition) is 1. The second-order valence-corrected chi connectivity index (χ2v) is 5.57. The SMILES string of the molecule is O=C(CC(=O)c1nn[nH]n1)Cc1ccccc1OCc1ccc(F)cc1. The minimum atomic E-state index is -0.492. The molecule has 0 aliphatic heterocycles. The van der Waals surface area contributed by atoms with Gasteiger partial charge in [0.1, 0.15) is 24.0 Å². The summed E-state index contributed by atoms with van der Waals surface area (Å²) >= 11 is 0. The van der Waals surface area contributed by atoms with Crippen molar-refractivity contribution in [2.24, 2.45) is 0 Å². The normalized spacial score (nSPS) is 10.5. The first-order valence-corrected chi connectivity index (χ1v) is 7.85. The standard InChI is InChI=1S/C18H15FN4O3/c19-14-7-5-12(6-8-14)11-26-17-4-2-1-3-13(17)9-15(24)10-16(25)18-20-22-23-21-18/h1-8H,9-11H2,(H,20,21,22,23). The average molecular weight is 354 g/mol. The van der Waals surface area contributed by atoms with Crippen molar-refractivity contribution in [3.8, 4) is 5.75 Å². The number of tetrazole rings is 1. The molecule has 0 saturated carbocycles. The molecule has 0 atom stereocenters. The summed E-state index contributed by atoms with van der Waals surface area (Å²) in [5.74, 6) is -0.659. The van der Waals surface area contributed by atoms with Crippen LogP contribution in [0.15, 0.2) is 48.5 Å². The summed E-state index contributed by atoms with van der Waals surface area (Å²) < 4.78 is 18.7. The monoisotopic (exact) mass is 354 g/mol. The first-order chi connectivity index (χ1) is 12.6. The van der Waals surface area contributed by atoms with Crippen LogP contribution in [0.1, 0.15) is 28.2 Å². The smallest absolute Gasteiger partial charge is 0.240 e. The van der Waals surface area contributed by atoms with Gasteiger partial charge in [-0.15, -0.1) is 10.2 Å². The number of hydrogen-bond acceptors (Lipinski definition) is 6. The number of ether oxygens (including phenoxy) is 1. The number of para-hydroxylation sites is 1. The molecule has 1 heterocycles. The number of carbonyl (C=O) groups excluding carboxylic acids is 2. The maximum absolute atomic E-state index is 12.9. The van der Waals surface area contributed by atoms with Crippen LogP contribution in [0, 0.1) is 5.82 Å². The molecule has 0 fully saturated rings. The van der Waals surface area contributed by atoms with Crippen LogP contribution in [0.4, 0.5) is 4.39 Å². The number of aromatic nitrogens is 4. The molecule has 8 heteroatoms. The van der Waals surface area contributed by atoms with Gasteiger partial charge in [0, 0.05) is 12.0 Å². The summed E-state index contributed by atoms with van der Waals surface area (Å²) in [6.45, 7) is 0.243. The Labute approximate surface area is 148 Å². The number of benzene rings is 2. The predicted octanol–water partition coefficient (Wildman–Crippen LogP) is 2.30. The van der Waals surface area contributed by atoms with Gasteiger partial charge in [-0.1, -0.05) is 30.3 Å². The third kappa shape index (κ3) is 4.56. The van der Waals surface area contributed by atoms with Crippen molar-refractivity contribution in [3.63, 3.8) is 0 Å². The third-order valence-electron chi connectivity index (χ3n) is 3.62. The summed E-state index contributed by atoms with van der Waals surface area (Å²) in [6.07, 6.45) is -0.269. The zero-order valence-corrected chi connectivity index (χ0v) is 13.7. The molecule has 1 N–H and O–H groups in total. The van der Waals surface area contributed by atoms with Gasteiger partial charge in [-0.3, -0.25) is 9.59 Å². The Kier molecular flexibility index (Phi) is 5.43. The minimum absolute atomic E-state index is 0.0448. The average Bonchev–Trinajstić information content (AvgIpc) is 3.17. The van der Waals surface area contributed by atoms with Crippen LogP contribution < -0.4 is 4.74 Å². The van der Waals surface area contributed by atoms with E-state index < -0.39 is 5.78 Å². The van der Waals surface area contributed by atoms with E-state index in [1.807, 2.05) is 0 Å². The predicted molar refractivity (Wildman–Crippen MR) is 89.0 cm³/mol. The van der Waals surface area contributed by atoms with E-state index in [1.54, 1.807) is 36.4 Å². The van der Waals surface area contributed by atoms with Crippen molar-refractivity contribution in [2.75, 3.05) is 0 Å². The Morgan fingerprint density at radius 1 is 1.08 bits per heavy atom. The summed E-state index contributed by atoms with van der Waals surface area (Å²) in [7, 11) is 0. The number of nitrogens with zero attached hydrogens (tertiary/aromatic N) is 3. The molecule has 0 spiro atoms. The van der Waals surface area contributed by atoms with Crippen molar-refractivity contribution < 1.29 is 18.7 Å². The van der Waals surface area contributed by atoms with Crippen molar-refractivity contribution >= 4 is 11.6 Å². The van der Waals surface area contributed by atoms with Gasteiger partial charge in [0.25, 0.3) is 0 Å². The van der Waals surface area contributed by atoms with Crippen molar-refractivity contribution in [1.29, 1.82) is 0 Å². The molecule has 0 unspecified atom stereocenters. The quantitative estimate of drug-likeness (QED) is 0.492. The van der Waals surface area contributed by atoms with Gasteiger partial charge in [-0.05, 0) is 29.0 Å². The van der Waals surface area contributed by atoms with E-state index in [0.717, 1.165) is 5.56 Å². The fraction of sp³-hybridized carbons (Fsp3) is 0.167. The lowest BCUT2D eigenvalue weighted by Gasteiger charge is -2.11. The lowest BCUT2D eigenvalue weighted by atomic mass is 10.0. The molecular weight excluding hydrogens is 339 g/mol. The van der Waals surface area contributed by atoms with Crippen LogP contribution in [-0.4, -0.2) is 32.2 Å². The summed E-state index contributed by atoms with van der Waals surface area (Å²) in [4.78, 5) is 24.0. The largest absolute Gasteiger partial charge is 0.489 e. The highest BCUT2D eigenvalue weighted by molar-refractivity contribution is 6.06. The van der Waals surface area contributed by atoms with Crippen molar-refractivity contribution in [1.82, 2.24) is 20.6 Å². The molecule has 0 aliphatic carbocycles. The molecule has 1 aromatic heterocycles. The van der Waals surface area contributed by atoms with Gasteiger partial charge in [-0.2, -0.15) is 5.21 Å². The lowest BCUT2D eigenvalue weighted by Crippen LogP contribution is -2.12. The Balaban J connectivity index is 1.62. The maximum atomic E-state index is 12.9. The molecule has 2 aromatic carbocycles. The van der Waals surface area contributed by atoms with Gasteiger partial charge < -0.3 is 4.74 Å². The molecule has 132 valence electrons. The van der Waals surface area contributed by atoms with Crippen LogP contribution in [0.2, 0.25) is 0 Å². The molecule has 3 aromatic rings. The Morgan fingerprint density at radius 3 is 2.58 bits per heavy atom. The summed E-state index contributed by atoms with van der Waals surface area (Å²) in [6, 6.07) is 13.1. The van der Waals surface area contributed by atoms with Crippen LogP contribution in [0.25, 0.3) is 0 Å². The number of nitrogens with one attached hydrogen (secondary N) is 1. The van der Waals surface area contributed by atoms with Crippen LogP contribution >= 0.6 is 0 Å². The van der Waals surface area contributed by atoms with Gasteiger partial charge >= 0.3 is 0 Å². The van der Waals surface area contributed by atoms with Crippen molar-refractivity contribution in [3.05, 3.63) is 71.3 Å². The number of H-pyrrole nitrogens is 1. The number of carbonyl (C=O) groups is 2. The fourth-order valence-corrected chi connectivity index (χ4v) is 2.35. The van der Waals surface area contributed by atoms with Gasteiger partial charge in [0.15, 0.2) is 0 Å². The Morgan fingerprint density at radius 2 is 1.85 bits per heavy atom. The number of rotatable bonds is 8. The highest BCUT2D eigenvalue weighted by atomic mass is 19.1. The molecule has 7 nitrogen and oxygen atoms in total. The van der Waals surface area contributed by atoms with Crippen LogP contribution in [0.3, 0.4) is 0 Å². The van der Waals surface area contributed by atoms with E-state index in [0.29, 0.717) is 11.3 Å². The highest BCUT2D eigenvalue weighted by Gasteiger charge is 2.17. The first-order valence-electron chi connectivity index (χ1n) is 7.85. The zero-order valence-electron chi connectivity index (χ0n) is 13.7. The second-order valence-electron chi connectivity index (χ2n) is 5.57. The third-order valence-corrected chi connectivity index (χ3v) is 3.62. The molecule has 0 aliphatic rings. The maximum Gasteiger partial charge on any atom is 0.240 e. The van der Waals surface area contributed by atoms with Gasteiger partial charge in [-0.25, -0.2) is 4.39 Å². The Bertz CT molecular complexity index is 895. The fourth-order valence-electron chi connectivity index (χ4n) is 2.35. The Hall–Kier alpha value is -3.42. The second kappa shape index (κ2) is 8.11. The van der Waals surface area contributed by atoms with Gasteiger partial charge in [0.2, 0.25) is 11.6 Å². The number of ketones is 2. The van der Waals surface area contributed by atoms with E-state index >= 15 is 0 Å². The summed E-state index contributed by atoms with van der Waals surface area (Å²) in [5, 5.41) is 12.6.